The Morgan fingerprint density at radius 3 is 2.60 bits per heavy atom. The Morgan fingerprint density at radius 2 is 2.05 bits per heavy atom. The van der Waals surface area contributed by atoms with Crippen LogP contribution in [0.25, 0.3) is 0 Å². The average Bonchev–Trinajstić information content (AvgIpc) is 2.81. The van der Waals surface area contributed by atoms with Gasteiger partial charge in [0.05, 0.1) is 11.6 Å². The van der Waals surface area contributed by atoms with Crippen LogP contribution in [0.3, 0.4) is 0 Å². The molecule has 0 spiro atoms. The van der Waals surface area contributed by atoms with Gasteiger partial charge in [-0.1, -0.05) is 18.2 Å². The van der Waals surface area contributed by atoms with Gasteiger partial charge in [0.25, 0.3) is 0 Å². The number of hydrogen-bond donors (Lipinski definition) is 2. The van der Waals surface area contributed by atoms with Crippen LogP contribution >= 0.6 is 11.3 Å². The van der Waals surface area contributed by atoms with Crippen molar-refractivity contribution >= 4 is 11.3 Å². The van der Waals surface area contributed by atoms with Gasteiger partial charge in [-0.25, -0.2) is 0 Å². The predicted octanol–water partition coefficient (Wildman–Crippen LogP) is 3.82. The van der Waals surface area contributed by atoms with Crippen molar-refractivity contribution in [2.75, 3.05) is 0 Å². The summed E-state index contributed by atoms with van der Waals surface area (Å²) in [4.78, 5) is 0. The number of alkyl halides is 3. The van der Waals surface area contributed by atoms with Crippen molar-refractivity contribution < 1.29 is 13.2 Å². The van der Waals surface area contributed by atoms with Crippen LogP contribution in [0.2, 0.25) is 0 Å². The van der Waals surface area contributed by atoms with E-state index in [-0.39, 0.29) is 6.04 Å². The Morgan fingerprint density at radius 1 is 1.30 bits per heavy atom. The molecule has 0 saturated carbocycles. The molecular formula is C14H15F3N2S. The first-order valence-corrected chi connectivity index (χ1v) is 7.01. The molecule has 1 aromatic carbocycles. The molecule has 0 radical (unpaired) electrons. The van der Waals surface area contributed by atoms with E-state index in [1.54, 1.807) is 17.4 Å². The van der Waals surface area contributed by atoms with Gasteiger partial charge in [0.15, 0.2) is 0 Å². The molecule has 20 heavy (non-hydrogen) atoms. The summed E-state index contributed by atoms with van der Waals surface area (Å²) in [5, 5.41) is 3.96. The first-order valence-electron chi connectivity index (χ1n) is 6.06. The van der Waals surface area contributed by atoms with Gasteiger partial charge in [-0.2, -0.15) is 24.5 Å². The van der Waals surface area contributed by atoms with Crippen molar-refractivity contribution in [3.8, 4) is 0 Å². The zero-order valence-electron chi connectivity index (χ0n) is 10.9. The molecule has 2 aromatic rings. The van der Waals surface area contributed by atoms with E-state index in [9.17, 15) is 13.2 Å². The van der Waals surface area contributed by atoms with Gasteiger partial charge in [0.1, 0.15) is 0 Å². The lowest BCUT2D eigenvalue weighted by atomic mass is 9.98. The second kappa shape index (κ2) is 5.95. The minimum atomic E-state index is -4.32. The molecule has 1 aromatic heterocycles. The van der Waals surface area contributed by atoms with Crippen molar-refractivity contribution in [2.45, 2.75) is 25.6 Å². The van der Waals surface area contributed by atoms with Crippen LogP contribution in [0.15, 0.2) is 35.0 Å². The maximum absolute atomic E-state index is 12.7. The van der Waals surface area contributed by atoms with Crippen molar-refractivity contribution in [2.24, 2.45) is 5.84 Å². The molecule has 6 heteroatoms. The Hall–Kier alpha value is -1.37. The molecule has 3 N–H and O–H groups in total. The summed E-state index contributed by atoms with van der Waals surface area (Å²) in [5.41, 5.74) is 4.76. The fraction of sp³-hybridized carbons (Fsp3) is 0.286. The highest BCUT2D eigenvalue weighted by Gasteiger charge is 2.30. The van der Waals surface area contributed by atoms with Crippen LogP contribution in [0.4, 0.5) is 13.2 Å². The molecule has 0 aliphatic carbocycles. The Kier molecular flexibility index (Phi) is 4.47. The molecular weight excluding hydrogens is 285 g/mol. The Bertz CT molecular complexity index is 578. The fourth-order valence-electron chi connectivity index (χ4n) is 2.10. The van der Waals surface area contributed by atoms with Crippen LogP contribution in [0, 0.1) is 6.92 Å². The average molecular weight is 300 g/mol. The van der Waals surface area contributed by atoms with Crippen LogP contribution < -0.4 is 11.3 Å². The van der Waals surface area contributed by atoms with E-state index < -0.39 is 11.7 Å². The van der Waals surface area contributed by atoms with Crippen molar-refractivity contribution in [1.82, 2.24) is 5.43 Å². The highest BCUT2D eigenvalue weighted by atomic mass is 32.1. The maximum atomic E-state index is 12.7. The van der Waals surface area contributed by atoms with Gasteiger partial charge in [-0.3, -0.25) is 11.3 Å². The third-order valence-corrected chi connectivity index (χ3v) is 4.05. The smallest absolute Gasteiger partial charge is 0.271 e. The second-order valence-electron chi connectivity index (χ2n) is 4.63. The molecule has 0 saturated heterocycles. The number of benzene rings is 1. The van der Waals surface area contributed by atoms with Gasteiger partial charge in [0.2, 0.25) is 0 Å². The predicted molar refractivity (Wildman–Crippen MR) is 74.3 cm³/mol. The minimum Gasteiger partial charge on any atom is -0.271 e. The van der Waals surface area contributed by atoms with Crippen LogP contribution in [-0.2, 0) is 12.6 Å². The number of hydrogen-bond acceptors (Lipinski definition) is 3. The van der Waals surface area contributed by atoms with Gasteiger partial charge < -0.3 is 0 Å². The summed E-state index contributed by atoms with van der Waals surface area (Å²) in [5.74, 6) is 5.54. The van der Waals surface area contributed by atoms with Crippen LogP contribution in [0.5, 0.6) is 0 Å². The van der Waals surface area contributed by atoms with Crippen molar-refractivity contribution in [1.29, 1.82) is 0 Å². The largest absolute Gasteiger partial charge is 0.416 e. The van der Waals surface area contributed by atoms with Gasteiger partial charge in [0, 0.05) is 0 Å². The minimum absolute atomic E-state index is 0.190. The molecule has 2 rings (SSSR count). The molecule has 0 fully saturated rings. The van der Waals surface area contributed by atoms with Crippen LogP contribution in [-0.4, -0.2) is 0 Å². The zero-order valence-corrected chi connectivity index (χ0v) is 11.7. The second-order valence-corrected chi connectivity index (χ2v) is 5.38. The number of nitrogens with two attached hydrogens (primary N) is 1. The number of thiophene rings is 1. The van der Waals surface area contributed by atoms with E-state index in [4.69, 9.17) is 5.84 Å². The normalized spacial score (nSPS) is 13.4. The lowest BCUT2D eigenvalue weighted by Gasteiger charge is -2.17. The molecule has 1 heterocycles. The van der Waals surface area contributed by atoms with E-state index >= 15 is 0 Å². The molecule has 0 amide bonds. The lowest BCUT2D eigenvalue weighted by molar-refractivity contribution is -0.137. The Labute approximate surface area is 119 Å². The van der Waals surface area contributed by atoms with E-state index in [0.717, 1.165) is 17.2 Å². The zero-order chi connectivity index (χ0) is 14.8. The first-order chi connectivity index (χ1) is 9.41. The number of nitrogens with one attached hydrogen (secondary N) is 1. The summed E-state index contributed by atoms with van der Waals surface area (Å²) >= 11 is 1.55. The standard InChI is InChI=1S/C14H15F3N2S/c1-9-7-20-8-12(9)13(19-18)6-10-3-2-4-11(5-10)14(15,16)17/h2-5,7-8,13,19H,6,18H2,1H3. The Balaban J connectivity index is 2.23. The quantitative estimate of drug-likeness (QED) is 0.665. The van der Waals surface area contributed by atoms with E-state index in [2.05, 4.69) is 5.43 Å². The fourth-order valence-corrected chi connectivity index (χ4v) is 3.00. The molecule has 0 aliphatic rings. The van der Waals surface area contributed by atoms with E-state index in [1.165, 1.54) is 12.1 Å². The first kappa shape index (κ1) is 15.0. The van der Waals surface area contributed by atoms with Crippen molar-refractivity contribution in [3.05, 3.63) is 57.3 Å². The number of aryl methyl sites for hydroxylation is 1. The van der Waals surface area contributed by atoms with Crippen molar-refractivity contribution in [3.63, 3.8) is 0 Å². The topological polar surface area (TPSA) is 38.0 Å². The number of halogens is 3. The summed E-state index contributed by atoms with van der Waals surface area (Å²) in [6.07, 6.45) is -3.90. The molecule has 1 atom stereocenters. The van der Waals surface area contributed by atoms with E-state index in [1.807, 2.05) is 17.7 Å². The highest BCUT2D eigenvalue weighted by Crippen LogP contribution is 2.31. The highest BCUT2D eigenvalue weighted by molar-refractivity contribution is 7.08. The molecule has 1 unspecified atom stereocenters. The number of hydrazine groups is 1. The summed E-state index contributed by atoms with van der Waals surface area (Å²) < 4.78 is 38.1. The van der Waals surface area contributed by atoms with Gasteiger partial charge in [-0.15, -0.1) is 0 Å². The molecule has 2 nitrogen and oxygen atoms in total. The van der Waals surface area contributed by atoms with Gasteiger partial charge in [-0.05, 0) is 46.9 Å². The third kappa shape index (κ3) is 3.39. The van der Waals surface area contributed by atoms with Gasteiger partial charge >= 0.3 is 6.18 Å². The third-order valence-electron chi connectivity index (χ3n) is 3.17. The maximum Gasteiger partial charge on any atom is 0.416 e. The SMILES string of the molecule is Cc1cscc1C(Cc1cccc(C(F)(F)F)c1)NN. The lowest BCUT2D eigenvalue weighted by Crippen LogP contribution is -2.29. The monoisotopic (exact) mass is 300 g/mol. The molecule has 0 aliphatic heterocycles. The van der Waals surface area contributed by atoms with Crippen LogP contribution in [0.1, 0.15) is 28.3 Å². The van der Waals surface area contributed by atoms with E-state index in [0.29, 0.717) is 12.0 Å². The molecule has 0 bridgehead atoms. The summed E-state index contributed by atoms with van der Waals surface area (Å²) in [6.45, 7) is 1.96. The summed E-state index contributed by atoms with van der Waals surface area (Å²) in [7, 11) is 0. The summed E-state index contributed by atoms with van der Waals surface area (Å²) in [6, 6.07) is 5.16. The molecule has 108 valence electrons. The number of rotatable bonds is 4.